The third-order valence-electron chi connectivity index (χ3n) is 5.12. The number of carboxylic acids is 1. The van der Waals surface area contributed by atoms with E-state index in [0.29, 0.717) is 17.7 Å². The fraction of sp³-hybridized carbons (Fsp3) is 0.316. The first kappa shape index (κ1) is 18.0. The molecule has 1 aliphatic carbocycles. The van der Waals surface area contributed by atoms with E-state index in [1.54, 1.807) is 36.4 Å². The molecule has 0 radical (unpaired) electrons. The second kappa shape index (κ2) is 6.63. The topological polar surface area (TPSA) is 113 Å². The van der Waals surface area contributed by atoms with Crippen LogP contribution in [0.25, 0.3) is 0 Å². The molecule has 1 heterocycles. The molecule has 2 aromatic carbocycles. The number of rotatable bonds is 5. The predicted molar refractivity (Wildman–Crippen MR) is 96.1 cm³/mol. The Morgan fingerprint density at radius 2 is 1.89 bits per heavy atom. The Morgan fingerprint density at radius 3 is 2.59 bits per heavy atom. The number of hydrogen-bond donors (Lipinski definition) is 3. The molecular weight excluding hydrogens is 370 g/mol. The van der Waals surface area contributed by atoms with Gasteiger partial charge in [-0.15, -0.1) is 0 Å². The maximum absolute atomic E-state index is 12.5. The lowest BCUT2D eigenvalue weighted by Gasteiger charge is -2.20. The van der Waals surface area contributed by atoms with Crippen LogP contribution in [0.2, 0.25) is 0 Å². The lowest BCUT2D eigenvalue weighted by molar-refractivity contribution is -0.136. The molecule has 8 heteroatoms. The molecule has 2 aliphatic rings. The zero-order valence-electron chi connectivity index (χ0n) is 14.3. The number of carboxylic acid groups (broad SMARTS) is 1. The highest BCUT2D eigenvalue weighted by Gasteiger charge is 2.51. The molecule has 4 rings (SSSR count). The number of hydrogen-bond acceptors (Lipinski definition) is 5. The van der Waals surface area contributed by atoms with E-state index in [9.17, 15) is 18.3 Å². The number of aliphatic carboxylic acids is 1. The van der Waals surface area contributed by atoms with Crippen molar-refractivity contribution in [3.8, 4) is 5.75 Å². The summed E-state index contributed by atoms with van der Waals surface area (Å²) >= 11 is 0. The van der Waals surface area contributed by atoms with Gasteiger partial charge in [-0.25, -0.2) is 13.1 Å². The van der Waals surface area contributed by atoms with Crippen molar-refractivity contribution in [2.75, 3.05) is 0 Å². The summed E-state index contributed by atoms with van der Waals surface area (Å²) < 4.78 is 33.6. The Balaban J connectivity index is 1.57. The van der Waals surface area contributed by atoms with E-state index in [2.05, 4.69) is 4.72 Å². The summed E-state index contributed by atoms with van der Waals surface area (Å²) in [6.07, 6.45) is -1.22. The maximum atomic E-state index is 12.5. The lowest BCUT2D eigenvalue weighted by atomic mass is 9.93. The van der Waals surface area contributed by atoms with E-state index in [1.807, 2.05) is 0 Å². The average Bonchev–Trinajstić information content (AvgIpc) is 3.13. The van der Waals surface area contributed by atoms with E-state index in [0.717, 1.165) is 5.56 Å². The largest absolute Gasteiger partial charge is 0.489 e. The van der Waals surface area contributed by atoms with Crippen LogP contribution in [0.5, 0.6) is 5.75 Å². The summed E-state index contributed by atoms with van der Waals surface area (Å²) in [5, 5.41) is 19.8. The predicted octanol–water partition coefficient (Wildman–Crippen LogP) is 1.27. The van der Waals surface area contributed by atoms with Gasteiger partial charge >= 0.3 is 5.97 Å². The number of ether oxygens (including phenoxy) is 1. The van der Waals surface area contributed by atoms with Crippen LogP contribution in [0.1, 0.15) is 23.5 Å². The minimum Gasteiger partial charge on any atom is -0.489 e. The van der Waals surface area contributed by atoms with Gasteiger partial charge in [-0.3, -0.25) is 4.79 Å². The number of para-hydroxylation sites is 1. The van der Waals surface area contributed by atoms with Crippen LogP contribution in [0, 0.1) is 0 Å². The van der Waals surface area contributed by atoms with Gasteiger partial charge in [0, 0.05) is 17.5 Å². The van der Waals surface area contributed by atoms with Crippen LogP contribution < -0.4 is 9.46 Å². The molecule has 0 bridgehead atoms. The molecule has 0 saturated heterocycles. The Morgan fingerprint density at radius 1 is 1.15 bits per heavy atom. The zero-order valence-corrected chi connectivity index (χ0v) is 15.1. The summed E-state index contributed by atoms with van der Waals surface area (Å²) in [5.74, 6) is -0.853. The smallest absolute Gasteiger partial charge is 0.307 e. The minimum atomic E-state index is -3.75. The highest BCUT2D eigenvalue weighted by atomic mass is 32.2. The Bertz CT molecular complexity index is 975. The third kappa shape index (κ3) is 3.20. The summed E-state index contributed by atoms with van der Waals surface area (Å²) in [7, 11) is -3.75. The summed E-state index contributed by atoms with van der Waals surface area (Å²) in [5.41, 5.74) is 1.29. The Hall–Kier alpha value is -2.42. The quantitative estimate of drug-likeness (QED) is 0.710. The molecule has 1 saturated carbocycles. The molecule has 1 fully saturated rings. The summed E-state index contributed by atoms with van der Waals surface area (Å²) in [4.78, 5) is 11.2. The summed E-state index contributed by atoms with van der Waals surface area (Å²) in [6.45, 7) is 0. The van der Waals surface area contributed by atoms with Gasteiger partial charge in [0.2, 0.25) is 10.0 Å². The van der Waals surface area contributed by atoms with Gasteiger partial charge in [-0.05, 0) is 12.1 Å². The monoisotopic (exact) mass is 389 g/mol. The van der Waals surface area contributed by atoms with Crippen molar-refractivity contribution in [3.63, 3.8) is 0 Å². The number of fused-ring (bicyclic) bond motifs is 3. The molecule has 7 nitrogen and oxygen atoms in total. The Labute approximate surface area is 156 Å². The van der Waals surface area contributed by atoms with Gasteiger partial charge in [-0.1, -0.05) is 36.4 Å². The van der Waals surface area contributed by atoms with E-state index < -0.39 is 40.2 Å². The molecule has 142 valence electrons. The number of aliphatic hydroxyl groups is 1. The Kier molecular flexibility index (Phi) is 4.41. The van der Waals surface area contributed by atoms with Gasteiger partial charge in [-0.2, -0.15) is 0 Å². The van der Waals surface area contributed by atoms with Crippen LogP contribution in [-0.2, 0) is 21.2 Å². The first-order chi connectivity index (χ1) is 12.9. The van der Waals surface area contributed by atoms with Crippen LogP contribution in [-0.4, -0.2) is 42.8 Å². The standard InChI is InChI=1S/C19H19NO6S/c21-16(22)9-11-5-4-8-13-17-15(26-19(11)13)10-14(18(17)23)20-27(24,25)12-6-2-1-3-7-12/h1-8,14-15,17-18,20,23H,9-10H2,(H,21,22). The van der Waals surface area contributed by atoms with Crippen LogP contribution in [0.15, 0.2) is 53.4 Å². The van der Waals surface area contributed by atoms with Crippen molar-refractivity contribution < 1.29 is 28.2 Å². The molecule has 0 amide bonds. The van der Waals surface area contributed by atoms with Crippen molar-refractivity contribution in [2.24, 2.45) is 0 Å². The number of benzene rings is 2. The zero-order chi connectivity index (χ0) is 19.2. The molecule has 0 spiro atoms. The van der Waals surface area contributed by atoms with E-state index in [1.165, 1.54) is 12.1 Å². The van der Waals surface area contributed by atoms with Gasteiger partial charge in [0.15, 0.2) is 0 Å². The van der Waals surface area contributed by atoms with Crippen molar-refractivity contribution >= 4 is 16.0 Å². The molecule has 1 aliphatic heterocycles. The molecular formula is C19H19NO6S. The number of carbonyl (C=O) groups is 1. The highest BCUT2D eigenvalue weighted by Crippen LogP contribution is 2.48. The number of aliphatic hydroxyl groups excluding tert-OH is 1. The van der Waals surface area contributed by atoms with E-state index >= 15 is 0 Å². The van der Waals surface area contributed by atoms with Crippen LogP contribution in [0.3, 0.4) is 0 Å². The van der Waals surface area contributed by atoms with Gasteiger partial charge in [0.1, 0.15) is 11.9 Å². The average molecular weight is 389 g/mol. The molecule has 4 unspecified atom stereocenters. The fourth-order valence-electron chi connectivity index (χ4n) is 3.96. The van der Waals surface area contributed by atoms with Crippen LogP contribution in [0.4, 0.5) is 0 Å². The molecule has 4 atom stereocenters. The normalized spacial score (nSPS) is 26.3. The first-order valence-corrected chi connectivity index (χ1v) is 10.1. The first-order valence-electron chi connectivity index (χ1n) is 8.62. The van der Waals surface area contributed by atoms with Gasteiger partial charge < -0.3 is 14.9 Å². The van der Waals surface area contributed by atoms with Crippen molar-refractivity contribution in [3.05, 3.63) is 59.7 Å². The second-order valence-electron chi connectivity index (χ2n) is 6.86. The van der Waals surface area contributed by atoms with Crippen LogP contribution >= 0.6 is 0 Å². The second-order valence-corrected chi connectivity index (χ2v) is 8.57. The molecule has 3 N–H and O–H groups in total. The lowest BCUT2D eigenvalue weighted by Crippen LogP contribution is -2.41. The fourth-order valence-corrected chi connectivity index (χ4v) is 5.25. The minimum absolute atomic E-state index is 0.138. The molecule has 27 heavy (non-hydrogen) atoms. The summed E-state index contributed by atoms with van der Waals surface area (Å²) in [6, 6.07) is 12.5. The maximum Gasteiger partial charge on any atom is 0.307 e. The SMILES string of the molecule is O=C(O)Cc1cccc2c1OC1CC(NS(=O)(=O)c3ccccc3)C(O)C21. The van der Waals surface area contributed by atoms with E-state index in [4.69, 9.17) is 9.84 Å². The van der Waals surface area contributed by atoms with Crippen molar-refractivity contribution in [2.45, 2.75) is 41.9 Å². The molecule has 0 aromatic heterocycles. The number of sulfonamides is 1. The van der Waals surface area contributed by atoms with Crippen molar-refractivity contribution in [1.29, 1.82) is 0 Å². The van der Waals surface area contributed by atoms with Gasteiger partial charge in [0.25, 0.3) is 0 Å². The molecule has 2 aromatic rings. The highest BCUT2D eigenvalue weighted by molar-refractivity contribution is 7.89. The van der Waals surface area contributed by atoms with Gasteiger partial charge in [0.05, 0.1) is 29.4 Å². The number of nitrogens with one attached hydrogen (secondary N) is 1. The van der Waals surface area contributed by atoms with E-state index in [-0.39, 0.29) is 11.3 Å². The van der Waals surface area contributed by atoms with Crippen molar-refractivity contribution in [1.82, 2.24) is 4.72 Å². The third-order valence-corrected chi connectivity index (χ3v) is 6.63.